The number of aliphatic hydroxyl groups is 1. The van der Waals surface area contributed by atoms with E-state index in [9.17, 15) is 29.1 Å². The van der Waals surface area contributed by atoms with Gasteiger partial charge in [-0.05, 0) is 50.4 Å². The number of ketones is 1. The molecule has 0 radical (unpaired) electrons. The first-order valence-corrected chi connectivity index (χ1v) is 18.0. The monoisotopic (exact) mass is 702 g/mol. The minimum atomic E-state index is -1.98. The highest BCUT2D eigenvalue weighted by Crippen LogP contribution is 2.81. The first-order chi connectivity index (χ1) is 23.3. The van der Waals surface area contributed by atoms with E-state index in [0.29, 0.717) is 6.42 Å². The quantitative estimate of drug-likeness (QED) is 0.251. The van der Waals surface area contributed by atoms with Gasteiger partial charge in [0.2, 0.25) is 5.79 Å². The van der Waals surface area contributed by atoms with Crippen LogP contribution in [0.1, 0.15) is 68.2 Å². The molecule has 0 amide bonds. The molecule has 20 atom stereocenters. The zero-order valence-electron chi connectivity index (χ0n) is 30.4. The van der Waals surface area contributed by atoms with Gasteiger partial charge in [0.25, 0.3) is 0 Å². The van der Waals surface area contributed by atoms with Crippen molar-refractivity contribution >= 4 is 29.7 Å². The van der Waals surface area contributed by atoms with Crippen LogP contribution in [0, 0.1) is 69.5 Å². The number of methoxy groups -OCH3 is 2. The van der Waals surface area contributed by atoms with E-state index in [4.69, 9.17) is 33.2 Å². The molecule has 13 nitrogen and oxygen atoms in total. The number of ether oxygens (including phenoxy) is 7. The molecule has 8 fully saturated rings. The van der Waals surface area contributed by atoms with E-state index < -0.39 is 124 Å². The lowest BCUT2D eigenvalue weighted by Crippen LogP contribution is -2.74. The first kappa shape index (κ1) is 34.5. The predicted octanol–water partition coefficient (Wildman–Crippen LogP) is 2.23. The molecule has 1 spiro atoms. The number of hydrogen-bond acceptors (Lipinski definition) is 13. The van der Waals surface area contributed by atoms with Gasteiger partial charge >= 0.3 is 23.9 Å². The second-order valence-corrected chi connectivity index (χ2v) is 17.5. The largest absolute Gasteiger partial charge is 0.462 e. The van der Waals surface area contributed by atoms with E-state index in [1.807, 2.05) is 20.8 Å². The van der Waals surface area contributed by atoms with Crippen LogP contribution in [0.25, 0.3) is 0 Å². The summed E-state index contributed by atoms with van der Waals surface area (Å²) in [7, 11) is 3.08. The Balaban J connectivity index is 1.41. The Morgan fingerprint density at radius 1 is 0.780 bits per heavy atom. The highest BCUT2D eigenvalue weighted by atomic mass is 16.8. The van der Waals surface area contributed by atoms with Crippen LogP contribution in [0.3, 0.4) is 0 Å². The summed E-state index contributed by atoms with van der Waals surface area (Å²) in [5.74, 6) is -7.63. The summed E-state index contributed by atoms with van der Waals surface area (Å²) in [6.07, 6.45) is -3.69. The number of Topliss-reactive ketones (excluding diaryl/α,β-unsaturated/α-hetero) is 1. The molecule has 2 unspecified atom stereocenters. The van der Waals surface area contributed by atoms with Crippen LogP contribution < -0.4 is 0 Å². The maximum absolute atomic E-state index is 14.9. The fourth-order valence-corrected chi connectivity index (χ4v) is 13.9. The Morgan fingerprint density at radius 3 is 1.96 bits per heavy atom. The zero-order chi connectivity index (χ0) is 36.4. The topological polar surface area (TPSA) is 173 Å². The maximum atomic E-state index is 14.9. The van der Waals surface area contributed by atoms with Crippen molar-refractivity contribution in [2.45, 2.75) is 116 Å². The van der Waals surface area contributed by atoms with Crippen LogP contribution in [-0.2, 0) is 57.1 Å². The molecule has 276 valence electrons. The van der Waals surface area contributed by atoms with Crippen molar-refractivity contribution in [2.75, 3.05) is 14.2 Å². The summed E-state index contributed by atoms with van der Waals surface area (Å²) in [5, 5.41) is 12.1. The van der Waals surface area contributed by atoms with Crippen LogP contribution in [0.5, 0.6) is 0 Å². The van der Waals surface area contributed by atoms with E-state index in [1.54, 1.807) is 14.0 Å². The lowest BCUT2D eigenvalue weighted by atomic mass is 9.41. The molecule has 50 heavy (non-hydrogen) atoms. The molecule has 8 rings (SSSR count). The van der Waals surface area contributed by atoms with E-state index in [2.05, 4.69) is 0 Å². The van der Waals surface area contributed by atoms with Crippen molar-refractivity contribution in [1.29, 1.82) is 0 Å². The fourth-order valence-electron chi connectivity index (χ4n) is 13.9. The second-order valence-electron chi connectivity index (χ2n) is 17.5. The second kappa shape index (κ2) is 10.3. The zero-order valence-corrected chi connectivity index (χ0v) is 30.4. The molecule has 2 aliphatic heterocycles. The molecule has 1 N–H and O–H groups in total. The van der Waals surface area contributed by atoms with Gasteiger partial charge in [-0.3, -0.25) is 19.2 Å². The van der Waals surface area contributed by atoms with Crippen molar-refractivity contribution < 1.29 is 62.2 Å². The number of esters is 4. The summed E-state index contributed by atoms with van der Waals surface area (Å²) < 4.78 is 43.9. The lowest BCUT2D eigenvalue weighted by molar-refractivity contribution is -0.277. The summed E-state index contributed by atoms with van der Waals surface area (Å²) in [4.78, 5) is 67.6. The third-order valence-corrected chi connectivity index (χ3v) is 15.7. The predicted molar refractivity (Wildman–Crippen MR) is 168 cm³/mol. The first-order valence-electron chi connectivity index (χ1n) is 18.0. The normalized spacial score (nSPS) is 57.7. The van der Waals surface area contributed by atoms with Crippen LogP contribution in [0.4, 0.5) is 0 Å². The van der Waals surface area contributed by atoms with Crippen molar-refractivity contribution in [2.24, 2.45) is 69.5 Å². The number of rotatable bonds is 5. The smallest absolute Gasteiger partial charge is 0.341 e. The van der Waals surface area contributed by atoms with Gasteiger partial charge < -0.3 is 38.3 Å². The number of carbonyl (C=O) groups excluding carboxylic acids is 5. The SMILES string of the molecule is CO[C@H]1[C@@H]2[C@H]([C@H](C)[C@H]3O[C@]34OC(=O)[C@@](C)(O)[C@]24C)[C@]2(C)[C@@H]1C1C([C@H](OC(C)=O)[C@@H]2OC(C)=O)[C@]2(C)[C@H](C[C@@H]3C[C@@H]3[C@@H]2OC(C)=O)C(=O)[C@@H]1OC. The average Bonchev–Trinajstić information content (AvgIpc) is 3.92. The Morgan fingerprint density at radius 2 is 1.38 bits per heavy atom. The van der Waals surface area contributed by atoms with Gasteiger partial charge in [-0.25, -0.2) is 4.79 Å². The number of epoxide rings is 1. The molecule has 2 saturated heterocycles. The standard InChI is InChI=1S/C37H50O13/c1-13-21-24(35(7)36(8,43)32(42)50-37(35)29(13)49-37)27(45-10)22-20-23(28(46-14(2)38)31(34(21,22)6)48-16(4)40)33(5)19(25(41)26(20)44-9)12-17-11-18(17)30(33)47-15(3)39/h13,17-24,26-31,43H,11-12H2,1-10H3/t13-,17-,18-,19+,20?,21-,22+,23?,24-,26+,27+,28-,29+,30-,31-,33-,34+,35-,36+,37-/m0/s1. The molecule has 8 aliphatic rings. The Labute approximate surface area is 291 Å². The van der Waals surface area contributed by atoms with E-state index >= 15 is 0 Å². The van der Waals surface area contributed by atoms with Gasteiger partial charge in [0, 0.05) is 75.4 Å². The van der Waals surface area contributed by atoms with Gasteiger partial charge in [-0.2, -0.15) is 0 Å². The van der Waals surface area contributed by atoms with Gasteiger partial charge in [0.05, 0.1) is 11.5 Å². The van der Waals surface area contributed by atoms with Crippen molar-refractivity contribution in [3.05, 3.63) is 0 Å². The minimum absolute atomic E-state index is 0.0235. The highest BCUT2D eigenvalue weighted by molar-refractivity contribution is 5.89. The van der Waals surface area contributed by atoms with Gasteiger partial charge in [-0.1, -0.05) is 20.8 Å². The molecule has 6 saturated carbocycles. The van der Waals surface area contributed by atoms with Crippen molar-refractivity contribution in [1.82, 2.24) is 0 Å². The molecule has 6 aliphatic carbocycles. The number of hydrogen-bond donors (Lipinski definition) is 1. The van der Waals surface area contributed by atoms with Crippen LogP contribution in [0.15, 0.2) is 0 Å². The molecule has 0 aromatic heterocycles. The Bertz CT molecular complexity index is 1580. The molecular formula is C37H50O13. The van der Waals surface area contributed by atoms with E-state index in [0.717, 1.165) is 6.42 Å². The van der Waals surface area contributed by atoms with Gasteiger partial charge in [0.15, 0.2) is 11.4 Å². The van der Waals surface area contributed by atoms with E-state index in [-0.39, 0.29) is 23.5 Å². The van der Waals surface area contributed by atoms with Gasteiger partial charge in [0.1, 0.15) is 30.5 Å². The Kier molecular flexibility index (Phi) is 7.09. The average molecular weight is 703 g/mol. The summed E-state index contributed by atoms with van der Waals surface area (Å²) in [6, 6.07) is 0. The molecule has 0 bridgehead atoms. The fraction of sp³-hybridized carbons (Fsp3) is 0.865. The van der Waals surface area contributed by atoms with Crippen LogP contribution in [0.2, 0.25) is 0 Å². The molecule has 13 heteroatoms. The summed E-state index contributed by atoms with van der Waals surface area (Å²) >= 11 is 0. The molecule has 0 aromatic carbocycles. The number of fused-ring (bicyclic) bond motifs is 9. The lowest BCUT2D eigenvalue weighted by Gasteiger charge is -2.66. The third-order valence-electron chi connectivity index (χ3n) is 15.7. The maximum Gasteiger partial charge on any atom is 0.341 e. The molecular weight excluding hydrogens is 652 g/mol. The van der Waals surface area contributed by atoms with Crippen LogP contribution >= 0.6 is 0 Å². The van der Waals surface area contributed by atoms with Crippen molar-refractivity contribution in [3.63, 3.8) is 0 Å². The number of carbonyl (C=O) groups is 5. The minimum Gasteiger partial charge on any atom is -0.462 e. The van der Waals surface area contributed by atoms with Crippen LogP contribution in [-0.4, -0.2) is 97.0 Å². The highest BCUT2D eigenvalue weighted by Gasteiger charge is 2.93. The Hall–Kier alpha value is -2.61. The molecule has 2 heterocycles. The van der Waals surface area contributed by atoms with Crippen molar-refractivity contribution in [3.8, 4) is 0 Å². The third kappa shape index (κ3) is 3.70. The van der Waals surface area contributed by atoms with Gasteiger partial charge in [-0.15, -0.1) is 0 Å². The van der Waals surface area contributed by atoms with E-state index in [1.165, 1.54) is 34.8 Å². The molecule has 0 aromatic rings. The summed E-state index contributed by atoms with van der Waals surface area (Å²) in [6.45, 7) is 13.2. The summed E-state index contributed by atoms with van der Waals surface area (Å²) in [5.41, 5.74) is -5.42.